The van der Waals surface area contributed by atoms with Crippen molar-refractivity contribution in [2.75, 3.05) is 0 Å². The summed E-state index contributed by atoms with van der Waals surface area (Å²) in [6.07, 6.45) is 0. The first-order chi connectivity index (χ1) is 27.8. The standard InChI is InChI=1S/C51H32N4O/c1-5-16-33(17-6-1)37-28-29-46-42(30-37)43-32-38(31-41(48(43)56-46)34-18-7-2-8-19-34)55-44-26-14-13-24-39(44)47-40(25-15-27-45(47)55)51-53-49(35-20-9-3-10-21-35)52-50(54-51)36-22-11-4-12-23-36/h1-32H. The Kier molecular flexibility index (Phi) is 7.42. The van der Waals surface area contributed by atoms with Crippen molar-refractivity contribution in [2.45, 2.75) is 0 Å². The molecule has 0 radical (unpaired) electrons. The van der Waals surface area contributed by atoms with Crippen LogP contribution < -0.4 is 0 Å². The van der Waals surface area contributed by atoms with E-state index in [4.69, 9.17) is 19.4 Å². The number of aromatic nitrogens is 4. The fourth-order valence-electron chi connectivity index (χ4n) is 8.05. The molecule has 0 saturated heterocycles. The molecule has 8 aromatic carbocycles. The zero-order valence-electron chi connectivity index (χ0n) is 30.2. The summed E-state index contributed by atoms with van der Waals surface area (Å²) in [5.74, 6) is 1.89. The summed E-state index contributed by atoms with van der Waals surface area (Å²) in [6, 6.07) is 67.4. The van der Waals surface area contributed by atoms with Gasteiger partial charge in [-0.15, -0.1) is 0 Å². The van der Waals surface area contributed by atoms with Crippen molar-refractivity contribution < 1.29 is 4.42 Å². The van der Waals surface area contributed by atoms with E-state index < -0.39 is 0 Å². The minimum atomic E-state index is 0.626. The fraction of sp³-hybridized carbons (Fsp3) is 0. The average Bonchev–Trinajstić information content (AvgIpc) is 3.82. The first-order valence-electron chi connectivity index (χ1n) is 18.8. The highest BCUT2D eigenvalue weighted by Gasteiger charge is 2.22. The molecule has 0 N–H and O–H groups in total. The summed E-state index contributed by atoms with van der Waals surface area (Å²) in [6.45, 7) is 0. The molecular formula is C51H32N4O. The van der Waals surface area contributed by atoms with Crippen LogP contribution in [0.5, 0.6) is 0 Å². The van der Waals surface area contributed by atoms with Gasteiger partial charge in [-0.3, -0.25) is 0 Å². The van der Waals surface area contributed by atoms with E-state index in [0.29, 0.717) is 17.5 Å². The summed E-state index contributed by atoms with van der Waals surface area (Å²) < 4.78 is 9.09. The minimum absolute atomic E-state index is 0.626. The van der Waals surface area contributed by atoms with Crippen LogP contribution in [0.25, 0.3) is 106 Å². The Labute approximate surface area is 322 Å². The molecule has 5 heteroatoms. The van der Waals surface area contributed by atoms with Crippen molar-refractivity contribution in [3.63, 3.8) is 0 Å². The maximum Gasteiger partial charge on any atom is 0.164 e. The molecule has 3 aromatic heterocycles. The van der Waals surface area contributed by atoms with Crippen LogP contribution in [0.3, 0.4) is 0 Å². The Morgan fingerprint density at radius 3 is 1.61 bits per heavy atom. The van der Waals surface area contributed by atoms with E-state index in [1.807, 2.05) is 60.7 Å². The van der Waals surface area contributed by atoms with E-state index in [1.165, 1.54) is 5.56 Å². The van der Waals surface area contributed by atoms with Gasteiger partial charge < -0.3 is 8.98 Å². The molecule has 0 saturated carbocycles. The van der Waals surface area contributed by atoms with E-state index >= 15 is 0 Å². The van der Waals surface area contributed by atoms with Crippen LogP contribution in [0.2, 0.25) is 0 Å². The molecule has 0 unspecified atom stereocenters. The van der Waals surface area contributed by atoms with Gasteiger partial charge in [0.05, 0.1) is 11.0 Å². The summed E-state index contributed by atoms with van der Waals surface area (Å²) in [5.41, 5.74) is 12.2. The van der Waals surface area contributed by atoms with Crippen molar-refractivity contribution in [1.29, 1.82) is 0 Å². The number of rotatable bonds is 6. The van der Waals surface area contributed by atoms with Crippen LogP contribution in [0.4, 0.5) is 0 Å². The van der Waals surface area contributed by atoms with Gasteiger partial charge in [-0.05, 0) is 53.1 Å². The number of fused-ring (bicyclic) bond motifs is 6. The Balaban J connectivity index is 1.19. The van der Waals surface area contributed by atoms with Crippen LogP contribution in [0, 0.1) is 0 Å². The Bertz CT molecular complexity index is 3170. The molecule has 3 heterocycles. The van der Waals surface area contributed by atoms with E-state index in [9.17, 15) is 0 Å². The second-order valence-corrected chi connectivity index (χ2v) is 14.0. The third kappa shape index (κ3) is 5.29. The Morgan fingerprint density at radius 1 is 0.357 bits per heavy atom. The number of hydrogen-bond acceptors (Lipinski definition) is 4. The third-order valence-corrected chi connectivity index (χ3v) is 10.6. The topological polar surface area (TPSA) is 56.7 Å². The van der Waals surface area contributed by atoms with E-state index in [2.05, 4.69) is 138 Å². The predicted octanol–water partition coefficient (Wildman–Crippen LogP) is 13.2. The number of furan rings is 1. The molecule has 11 rings (SSSR count). The second-order valence-electron chi connectivity index (χ2n) is 14.0. The van der Waals surface area contributed by atoms with Gasteiger partial charge in [0.25, 0.3) is 0 Å². The van der Waals surface area contributed by atoms with Gasteiger partial charge in [0.2, 0.25) is 0 Å². The number of para-hydroxylation sites is 1. The Hall–Kier alpha value is -7.63. The van der Waals surface area contributed by atoms with Crippen LogP contribution in [-0.4, -0.2) is 19.5 Å². The normalized spacial score (nSPS) is 11.6. The molecule has 0 aliphatic heterocycles. The molecule has 0 aliphatic rings. The number of benzene rings is 8. The maximum absolute atomic E-state index is 6.72. The summed E-state index contributed by atoms with van der Waals surface area (Å²) in [7, 11) is 0. The zero-order valence-corrected chi connectivity index (χ0v) is 30.2. The molecule has 0 atom stereocenters. The van der Waals surface area contributed by atoms with Gasteiger partial charge in [0, 0.05) is 49.5 Å². The largest absolute Gasteiger partial charge is 0.455 e. The molecule has 262 valence electrons. The monoisotopic (exact) mass is 716 g/mol. The Morgan fingerprint density at radius 2 is 0.929 bits per heavy atom. The van der Waals surface area contributed by atoms with Gasteiger partial charge in [0.1, 0.15) is 11.2 Å². The predicted molar refractivity (Wildman–Crippen MR) is 229 cm³/mol. The highest BCUT2D eigenvalue weighted by atomic mass is 16.3. The molecule has 0 spiro atoms. The van der Waals surface area contributed by atoms with Crippen molar-refractivity contribution >= 4 is 43.7 Å². The summed E-state index contributed by atoms with van der Waals surface area (Å²) >= 11 is 0. The summed E-state index contributed by atoms with van der Waals surface area (Å²) in [5, 5.41) is 4.34. The van der Waals surface area contributed by atoms with Crippen LogP contribution in [0.15, 0.2) is 199 Å². The smallest absolute Gasteiger partial charge is 0.164 e. The van der Waals surface area contributed by atoms with Crippen molar-refractivity contribution in [3.05, 3.63) is 194 Å². The van der Waals surface area contributed by atoms with Crippen LogP contribution in [0.1, 0.15) is 0 Å². The lowest BCUT2D eigenvalue weighted by molar-refractivity contribution is 0.670. The minimum Gasteiger partial charge on any atom is -0.455 e. The highest BCUT2D eigenvalue weighted by Crippen LogP contribution is 2.43. The van der Waals surface area contributed by atoms with Gasteiger partial charge in [0.15, 0.2) is 17.5 Å². The second kappa shape index (κ2) is 13.0. The van der Waals surface area contributed by atoms with Gasteiger partial charge in [-0.2, -0.15) is 0 Å². The number of nitrogens with zero attached hydrogens (tertiary/aromatic N) is 4. The fourth-order valence-corrected chi connectivity index (χ4v) is 8.05. The maximum atomic E-state index is 6.72. The van der Waals surface area contributed by atoms with Crippen molar-refractivity contribution in [1.82, 2.24) is 19.5 Å². The SMILES string of the molecule is c1ccc(-c2ccc3oc4c(-c5ccccc5)cc(-n5c6ccccc6c6c(-c7nc(-c8ccccc8)nc(-c8ccccc8)n7)cccc65)cc4c3c2)cc1. The van der Waals surface area contributed by atoms with Gasteiger partial charge in [-0.25, -0.2) is 15.0 Å². The lowest BCUT2D eigenvalue weighted by atomic mass is 9.99. The molecule has 0 bridgehead atoms. The van der Waals surface area contributed by atoms with Crippen LogP contribution >= 0.6 is 0 Å². The average molecular weight is 717 g/mol. The van der Waals surface area contributed by atoms with E-state index in [0.717, 1.165) is 82.8 Å². The molecule has 0 aliphatic carbocycles. The third-order valence-electron chi connectivity index (χ3n) is 10.6. The molecule has 5 nitrogen and oxygen atoms in total. The first-order valence-corrected chi connectivity index (χ1v) is 18.8. The van der Waals surface area contributed by atoms with Gasteiger partial charge in [-0.1, -0.05) is 158 Å². The quantitative estimate of drug-likeness (QED) is 0.172. The molecule has 0 fully saturated rings. The van der Waals surface area contributed by atoms with E-state index in [1.54, 1.807) is 0 Å². The molecule has 0 amide bonds. The van der Waals surface area contributed by atoms with E-state index in [-0.39, 0.29) is 0 Å². The lowest BCUT2D eigenvalue weighted by Crippen LogP contribution is -2.00. The molecule has 56 heavy (non-hydrogen) atoms. The molecule has 11 aromatic rings. The van der Waals surface area contributed by atoms with Crippen molar-refractivity contribution in [2.24, 2.45) is 0 Å². The highest BCUT2D eigenvalue weighted by molar-refractivity contribution is 6.16. The number of hydrogen-bond donors (Lipinski definition) is 0. The van der Waals surface area contributed by atoms with Crippen molar-refractivity contribution in [3.8, 4) is 62.1 Å². The summed E-state index contributed by atoms with van der Waals surface area (Å²) in [4.78, 5) is 15.3. The van der Waals surface area contributed by atoms with Crippen LogP contribution in [-0.2, 0) is 0 Å². The lowest BCUT2D eigenvalue weighted by Gasteiger charge is -2.12. The molecular weight excluding hydrogens is 685 g/mol. The first kappa shape index (κ1) is 31.9. The zero-order chi connectivity index (χ0) is 37.0. The van der Waals surface area contributed by atoms with Gasteiger partial charge >= 0.3 is 0 Å².